The van der Waals surface area contributed by atoms with Gasteiger partial charge in [-0.3, -0.25) is 9.48 Å². The van der Waals surface area contributed by atoms with Crippen molar-refractivity contribution in [3.8, 4) is 0 Å². The zero-order chi connectivity index (χ0) is 17.2. The second-order valence-electron chi connectivity index (χ2n) is 6.11. The zero-order valence-corrected chi connectivity index (χ0v) is 15.0. The fourth-order valence-corrected chi connectivity index (χ4v) is 3.64. The van der Waals surface area contributed by atoms with E-state index in [1.807, 2.05) is 24.4 Å². The third-order valence-electron chi connectivity index (χ3n) is 4.56. The maximum atomic E-state index is 13.3. The maximum absolute atomic E-state index is 13.3. The summed E-state index contributed by atoms with van der Waals surface area (Å²) in [6.45, 7) is 1.99. The van der Waals surface area contributed by atoms with Crippen LogP contribution in [-0.2, 0) is 16.9 Å². The van der Waals surface area contributed by atoms with E-state index in [9.17, 15) is 4.79 Å². The highest BCUT2D eigenvalue weighted by atomic mass is 35.5. The van der Waals surface area contributed by atoms with Crippen LogP contribution in [0, 0.1) is 0 Å². The molecule has 0 saturated carbocycles. The number of nitrogens with zero attached hydrogens (tertiary/aromatic N) is 3. The summed E-state index contributed by atoms with van der Waals surface area (Å²) in [5.74, 6) is 0.0451. The molecule has 128 valence electrons. The molecule has 1 aliphatic heterocycles. The quantitative estimate of drug-likeness (QED) is 0.904. The van der Waals surface area contributed by atoms with Gasteiger partial charge in [0.25, 0.3) is 5.91 Å². The van der Waals surface area contributed by atoms with Gasteiger partial charge in [0.05, 0.1) is 10.0 Å². The Morgan fingerprint density at radius 2 is 2.08 bits per heavy atom. The van der Waals surface area contributed by atoms with E-state index in [1.165, 1.54) is 0 Å². The molecule has 0 unspecified atom stereocenters. The van der Waals surface area contributed by atoms with Crippen molar-refractivity contribution in [2.45, 2.75) is 24.9 Å². The number of benzene rings is 1. The maximum Gasteiger partial charge on any atom is 0.250 e. The van der Waals surface area contributed by atoms with E-state index in [2.05, 4.69) is 10.4 Å². The van der Waals surface area contributed by atoms with Crippen LogP contribution in [0.5, 0.6) is 0 Å². The third kappa shape index (κ3) is 3.16. The molecule has 5 nitrogen and oxygen atoms in total. The highest BCUT2D eigenvalue weighted by Crippen LogP contribution is 2.31. The van der Waals surface area contributed by atoms with Crippen LogP contribution >= 0.6 is 23.2 Å². The molecule has 3 rings (SSSR count). The monoisotopic (exact) mass is 366 g/mol. The highest BCUT2D eigenvalue weighted by Gasteiger charge is 2.43. The number of nitrogens with one attached hydrogen (secondary N) is 1. The Hall–Kier alpha value is -1.56. The number of hydrogen-bond donors (Lipinski definition) is 1. The number of carbonyl (C=O) groups excluding carboxylic acids is 1. The summed E-state index contributed by atoms with van der Waals surface area (Å²) in [4.78, 5) is 15.0. The molecule has 24 heavy (non-hydrogen) atoms. The van der Waals surface area contributed by atoms with Crippen molar-refractivity contribution in [2.75, 3.05) is 20.1 Å². The van der Waals surface area contributed by atoms with E-state index in [0.29, 0.717) is 29.4 Å². The molecule has 0 bridgehead atoms. The number of likely N-dealkylation sites (N-methyl/N-ethyl adjacent to an activating group) is 1. The molecule has 2 heterocycles. The van der Waals surface area contributed by atoms with Crippen LogP contribution in [0.15, 0.2) is 36.7 Å². The normalized spacial score (nSPS) is 16.8. The molecule has 0 aliphatic carbocycles. The molecule has 1 fully saturated rings. The first-order valence-corrected chi connectivity index (χ1v) is 8.69. The smallest absolute Gasteiger partial charge is 0.250 e. The first kappa shape index (κ1) is 17.3. The predicted molar refractivity (Wildman–Crippen MR) is 95.2 cm³/mol. The Balaban J connectivity index is 1.86. The molecule has 0 atom stereocenters. The molecule has 1 N–H and O–H groups in total. The van der Waals surface area contributed by atoms with Gasteiger partial charge in [0.1, 0.15) is 5.54 Å². The lowest BCUT2D eigenvalue weighted by atomic mass is 9.86. The zero-order valence-electron chi connectivity index (χ0n) is 13.5. The number of halogens is 2. The van der Waals surface area contributed by atoms with Crippen molar-refractivity contribution in [1.29, 1.82) is 0 Å². The van der Waals surface area contributed by atoms with Crippen LogP contribution in [-0.4, -0.2) is 40.7 Å². The van der Waals surface area contributed by atoms with E-state index < -0.39 is 5.54 Å². The fourth-order valence-electron chi connectivity index (χ4n) is 3.26. The van der Waals surface area contributed by atoms with Gasteiger partial charge in [-0.05, 0) is 43.6 Å². The Kier molecular flexibility index (Phi) is 5.13. The molecular weight excluding hydrogens is 347 g/mol. The standard InChI is InChI=1S/C17H20Cl2N4O/c1-22(12-13-4-2-5-14(18)15(13)19)16(24)17(6-9-20-10-7-17)23-11-3-8-21-23/h2-5,8,11,20H,6-7,9-10,12H2,1H3. The molecule has 1 aliphatic rings. The molecule has 1 aromatic carbocycles. The van der Waals surface area contributed by atoms with Crippen LogP contribution in [0.4, 0.5) is 0 Å². The minimum atomic E-state index is -0.644. The second kappa shape index (κ2) is 7.13. The molecule has 0 radical (unpaired) electrons. The van der Waals surface area contributed by atoms with Crippen LogP contribution in [0.3, 0.4) is 0 Å². The van der Waals surface area contributed by atoms with Crippen molar-refractivity contribution < 1.29 is 4.79 Å². The van der Waals surface area contributed by atoms with Crippen LogP contribution in [0.1, 0.15) is 18.4 Å². The van der Waals surface area contributed by atoms with Gasteiger partial charge in [0.15, 0.2) is 0 Å². The summed E-state index contributed by atoms with van der Waals surface area (Å²) in [6.07, 6.45) is 5.00. The topological polar surface area (TPSA) is 50.2 Å². The lowest BCUT2D eigenvalue weighted by Gasteiger charge is -2.39. The van der Waals surface area contributed by atoms with E-state index in [0.717, 1.165) is 18.7 Å². The van der Waals surface area contributed by atoms with Gasteiger partial charge in [0.2, 0.25) is 0 Å². The average Bonchev–Trinajstić information content (AvgIpc) is 3.14. The van der Waals surface area contributed by atoms with Crippen LogP contribution < -0.4 is 5.32 Å². The van der Waals surface area contributed by atoms with Crippen LogP contribution in [0.2, 0.25) is 10.0 Å². The first-order valence-electron chi connectivity index (χ1n) is 7.94. The Bertz CT molecular complexity index is 711. The van der Waals surface area contributed by atoms with Gasteiger partial charge >= 0.3 is 0 Å². The molecule has 0 spiro atoms. The molecular formula is C17H20Cl2N4O. The molecule has 1 saturated heterocycles. The molecule has 2 aromatic rings. The number of carbonyl (C=O) groups is 1. The Morgan fingerprint density at radius 3 is 2.75 bits per heavy atom. The summed E-state index contributed by atoms with van der Waals surface area (Å²) < 4.78 is 1.80. The molecule has 1 aromatic heterocycles. The van der Waals surface area contributed by atoms with Gasteiger partial charge in [-0.25, -0.2) is 0 Å². The number of hydrogen-bond acceptors (Lipinski definition) is 3. The lowest BCUT2D eigenvalue weighted by Crippen LogP contribution is -2.54. The first-order chi connectivity index (χ1) is 11.5. The minimum Gasteiger partial charge on any atom is -0.339 e. The van der Waals surface area contributed by atoms with E-state index in [-0.39, 0.29) is 5.91 Å². The van der Waals surface area contributed by atoms with E-state index in [1.54, 1.807) is 28.9 Å². The largest absolute Gasteiger partial charge is 0.339 e. The number of piperidine rings is 1. The van der Waals surface area contributed by atoms with Gasteiger partial charge in [-0.1, -0.05) is 35.3 Å². The Morgan fingerprint density at radius 1 is 1.33 bits per heavy atom. The lowest BCUT2D eigenvalue weighted by molar-refractivity contribution is -0.142. The third-order valence-corrected chi connectivity index (χ3v) is 5.42. The summed E-state index contributed by atoms with van der Waals surface area (Å²) in [7, 11) is 1.80. The van der Waals surface area contributed by atoms with Gasteiger partial charge < -0.3 is 10.2 Å². The van der Waals surface area contributed by atoms with Crippen molar-refractivity contribution in [2.24, 2.45) is 0 Å². The summed E-state index contributed by atoms with van der Waals surface area (Å²) in [6, 6.07) is 7.33. The van der Waals surface area contributed by atoms with E-state index >= 15 is 0 Å². The molecule has 1 amide bonds. The summed E-state index contributed by atoms with van der Waals surface area (Å²) >= 11 is 12.3. The van der Waals surface area contributed by atoms with Crippen molar-refractivity contribution in [3.05, 3.63) is 52.3 Å². The second-order valence-corrected chi connectivity index (χ2v) is 6.89. The van der Waals surface area contributed by atoms with Crippen molar-refractivity contribution in [1.82, 2.24) is 20.0 Å². The number of rotatable bonds is 4. The number of aromatic nitrogens is 2. The van der Waals surface area contributed by atoms with E-state index in [4.69, 9.17) is 23.2 Å². The summed E-state index contributed by atoms with van der Waals surface area (Å²) in [5.41, 5.74) is 0.193. The SMILES string of the molecule is CN(Cc1cccc(Cl)c1Cl)C(=O)C1(n2cccn2)CCNCC1. The Labute approximate surface area is 151 Å². The predicted octanol–water partition coefficient (Wildman–Crippen LogP) is 2.93. The van der Waals surface area contributed by atoms with Crippen molar-refractivity contribution in [3.63, 3.8) is 0 Å². The van der Waals surface area contributed by atoms with Crippen LogP contribution in [0.25, 0.3) is 0 Å². The highest BCUT2D eigenvalue weighted by molar-refractivity contribution is 6.42. The minimum absolute atomic E-state index is 0.0451. The summed E-state index contributed by atoms with van der Waals surface area (Å²) in [5, 5.41) is 8.66. The fraction of sp³-hybridized carbons (Fsp3) is 0.412. The van der Waals surface area contributed by atoms with Gasteiger partial charge in [-0.15, -0.1) is 0 Å². The van der Waals surface area contributed by atoms with Gasteiger partial charge in [0, 0.05) is 26.0 Å². The number of amides is 1. The van der Waals surface area contributed by atoms with Crippen molar-refractivity contribution >= 4 is 29.1 Å². The average molecular weight is 367 g/mol. The molecule has 7 heteroatoms. The van der Waals surface area contributed by atoms with Gasteiger partial charge in [-0.2, -0.15) is 5.10 Å².